The maximum Gasteiger partial charge on any atom is 0.136 e. The van der Waals surface area contributed by atoms with Crippen LogP contribution in [0, 0.1) is 5.92 Å². The third kappa shape index (κ3) is 2.57. The van der Waals surface area contributed by atoms with Gasteiger partial charge >= 0.3 is 0 Å². The molecule has 2 nitrogen and oxygen atoms in total. The molecule has 2 heteroatoms. The molecule has 0 aromatic rings. The third-order valence-corrected chi connectivity index (χ3v) is 3.71. The molecule has 0 aromatic carbocycles. The fraction of sp³-hybridized carbons (Fsp3) is 0.917. The van der Waals surface area contributed by atoms with Gasteiger partial charge in [-0.2, -0.15) is 0 Å². The highest BCUT2D eigenvalue weighted by molar-refractivity contribution is 5.81. The van der Waals surface area contributed by atoms with E-state index in [1.165, 1.54) is 25.7 Å². The van der Waals surface area contributed by atoms with E-state index in [1.54, 1.807) is 0 Å². The van der Waals surface area contributed by atoms with Gasteiger partial charge in [-0.1, -0.05) is 12.8 Å². The second-order valence-electron chi connectivity index (χ2n) is 4.78. The first kappa shape index (κ1) is 10.2. The molecule has 0 radical (unpaired) electrons. The molecule has 1 aliphatic carbocycles. The van der Waals surface area contributed by atoms with Crippen molar-refractivity contribution in [3.63, 3.8) is 0 Å². The molecular weight excluding hydrogens is 174 g/mol. The van der Waals surface area contributed by atoms with Gasteiger partial charge in [0.2, 0.25) is 0 Å². The SMILES string of the molecule is O=C(CCC1CCCCN1)C1CCC1. The lowest BCUT2D eigenvalue weighted by molar-refractivity contribution is -0.125. The van der Waals surface area contributed by atoms with E-state index in [0.717, 1.165) is 32.2 Å². The van der Waals surface area contributed by atoms with E-state index < -0.39 is 0 Å². The monoisotopic (exact) mass is 195 g/mol. The second kappa shape index (κ2) is 4.92. The first-order valence-electron chi connectivity index (χ1n) is 6.12. The van der Waals surface area contributed by atoms with Crippen LogP contribution in [-0.2, 0) is 4.79 Å². The lowest BCUT2D eigenvalue weighted by Gasteiger charge is -2.26. The van der Waals surface area contributed by atoms with Gasteiger partial charge in [-0.15, -0.1) is 0 Å². The number of carbonyl (C=O) groups excluding carboxylic acids is 1. The Labute approximate surface area is 86.5 Å². The summed E-state index contributed by atoms with van der Waals surface area (Å²) in [5.41, 5.74) is 0. The van der Waals surface area contributed by atoms with E-state index in [2.05, 4.69) is 5.32 Å². The van der Waals surface area contributed by atoms with Crippen molar-refractivity contribution in [2.24, 2.45) is 5.92 Å². The molecule has 1 heterocycles. The van der Waals surface area contributed by atoms with Crippen LogP contribution in [0.5, 0.6) is 0 Å². The Bertz CT molecular complexity index is 192. The summed E-state index contributed by atoms with van der Waals surface area (Å²) in [5, 5.41) is 3.50. The minimum atomic E-state index is 0.443. The lowest BCUT2D eigenvalue weighted by Crippen LogP contribution is -2.35. The van der Waals surface area contributed by atoms with E-state index >= 15 is 0 Å². The predicted molar refractivity (Wildman–Crippen MR) is 57.2 cm³/mol. The van der Waals surface area contributed by atoms with Crippen molar-refractivity contribution in [1.29, 1.82) is 0 Å². The molecule has 1 saturated carbocycles. The topological polar surface area (TPSA) is 29.1 Å². The Balaban J connectivity index is 1.62. The van der Waals surface area contributed by atoms with Gasteiger partial charge in [0.1, 0.15) is 5.78 Å². The number of rotatable bonds is 4. The minimum Gasteiger partial charge on any atom is -0.314 e. The van der Waals surface area contributed by atoms with Crippen molar-refractivity contribution < 1.29 is 4.79 Å². The molecule has 2 aliphatic rings. The highest BCUT2D eigenvalue weighted by Gasteiger charge is 2.25. The third-order valence-electron chi connectivity index (χ3n) is 3.71. The van der Waals surface area contributed by atoms with Gasteiger partial charge in [-0.25, -0.2) is 0 Å². The number of nitrogens with one attached hydrogen (secondary N) is 1. The first-order chi connectivity index (χ1) is 6.86. The molecule has 0 bridgehead atoms. The molecule has 80 valence electrons. The fourth-order valence-corrected chi connectivity index (χ4v) is 2.42. The minimum absolute atomic E-state index is 0.443. The van der Waals surface area contributed by atoms with Crippen LogP contribution in [0.2, 0.25) is 0 Å². The zero-order valence-corrected chi connectivity index (χ0v) is 8.93. The summed E-state index contributed by atoms with van der Waals surface area (Å²) >= 11 is 0. The number of piperidine rings is 1. The Morgan fingerprint density at radius 2 is 2.00 bits per heavy atom. The van der Waals surface area contributed by atoms with Gasteiger partial charge in [-0.05, 0) is 38.6 Å². The van der Waals surface area contributed by atoms with Crippen LogP contribution < -0.4 is 5.32 Å². The van der Waals surface area contributed by atoms with Gasteiger partial charge in [-0.3, -0.25) is 4.79 Å². The zero-order valence-electron chi connectivity index (χ0n) is 8.93. The molecule has 1 N–H and O–H groups in total. The number of ketones is 1. The Kier molecular flexibility index (Phi) is 3.57. The molecule has 1 unspecified atom stereocenters. The molecule has 1 aliphatic heterocycles. The van der Waals surface area contributed by atoms with Crippen molar-refractivity contribution in [2.45, 2.75) is 57.4 Å². The molecule has 2 fully saturated rings. The second-order valence-corrected chi connectivity index (χ2v) is 4.78. The lowest BCUT2D eigenvalue weighted by atomic mass is 9.80. The molecule has 0 aromatic heterocycles. The normalized spacial score (nSPS) is 28.4. The summed E-state index contributed by atoms with van der Waals surface area (Å²) in [4.78, 5) is 11.6. The van der Waals surface area contributed by atoms with Crippen molar-refractivity contribution >= 4 is 5.78 Å². The van der Waals surface area contributed by atoms with Gasteiger partial charge in [0, 0.05) is 18.4 Å². The summed E-state index contributed by atoms with van der Waals surface area (Å²) in [6.07, 6.45) is 9.43. The first-order valence-corrected chi connectivity index (χ1v) is 6.12. The quantitative estimate of drug-likeness (QED) is 0.745. The van der Waals surface area contributed by atoms with Gasteiger partial charge in [0.05, 0.1) is 0 Å². The maximum atomic E-state index is 11.6. The van der Waals surface area contributed by atoms with Crippen molar-refractivity contribution in [3.8, 4) is 0 Å². The molecule has 1 saturated heterocycles. The van der Waals surface area contributed by atoms with Crippen LogP contribution in [0.3, 0.4) is 0 Å². The maximum absolute atomic E-state index is 11.6. The van der Waals surface area contributed by atoms with Crippen LogP contribution in [-0.4, -0.2) is 18.4 Å². The molecule has 2 rings (SSSR count). The predicted octanol–water partition coefficient (Wildman–Crippen LogP) is 2.28. The number of carbonyl (C=O) groups is 1. The van der Waals surface area contributed by atoms with Crippen molar-refractivity contribution in [1.82, 2.24) is 5.32 Å². The zero-order chi connectivity index (χ0) is 9.80. The van der Waals surface area contributed by atoms with Gasteiger partial charge in [0.15, 0.2) is 0 Å². The average molecular weight is 195 g/mol. The van der Waals surface area contributed by atoms with Crippen LogP contribution in [0.4, 0.5) is 0 Å². The molecular formula is C12H21NO. The van der Waals surface area contributed by atoms with E-state index in [4.69, 9.17) is 0 Å². The number of Topliss-reactive ketones (excluding diaryl/α,β-unsaturated/α-hetero) is 1. The summed E-state index contributed by atoms with van der Waals surface area (Å²) < 4.78 is 0. The smallest absolute Gasteiger partial charge is 0.136 e. The summed E-state index contributed by atoms with van der Waals surface area (Å²) in [7, 11) is 0. The largest absolute Gasteiger partial charge is 0.314 e. The number of hydrogen-bond donors (Lipinski definition) is 1. The Morgan fingerprint density at radius 1 is 1.14 bits per heavy atom. The van der Waals surface area contributed by atoms with E-state index in [0.29, 0.717) is 17.7 Å². The van der Waals surface area contributed by atoms with Crippen LogP contribution in [0.25, 0.3) is 0 Å². The van der Waals surface area contributed by atoms with Crippen molar-refractivity contribution in [2.75, 3.05) is 6.54 Å². The van der Waals surface area contributed by atoms with Gasteiger partial charge in [0.25, 0.3) is 0 Å². The van der Waals surface area contributed by atoms with E-state index in [9.17, 15) is 4.79 Å². The Hall–Kier alpha value is -0.370. The van der Waals surface area contributed by atoms with Crippen LogP contribution in [0.1, 0.15) is 51.4 Å². The van der Waals surface area contributed by atoms with E-state index in [-0.39, 0.29) is 0 Å². The average Bonchev–Trinajstić information content (AvgIpc) is 2.14. The number of hydrogen-bond acceptors (Lipinski definition) is 2. The highest BCUT2D eigenvalue weighted by Crippen LogP contribution is 2.28. The molecule has 14 heavy (non-hydrogen) atoms. The summed E-state index contributed by atoms with van der Waals surface area (Å²) in [6, 6.07) is 0.632. The molecule has 0 amide bonds. The van der Waals surface area contributed by atoms with Crippen LogP contribution >= 0.6 is 0 Å². The Morgan fingerprint density at radius 3 is 2.57 bits per heavy atom. The fourth-order valence-electron chi connectivity index (χ4n) is 2.42. The highest BCUT2D eigenvalue weighted by atomic mass is 16.1. The van der Waals surface area contributed by atoms with Crippen molar-refractivity contribution in [3.05, 3.63) is 0 Å². The molecule has 1 atom stereocenters. The standard InChI is InChI=1S/C12H21NO/c14-12(10-4-3-5-10)8-7-11-6-1-2-9-13-11/h10-11,13H,1-9H2. The molecule has 0 spiro atoms. The summed E-state index contributed by atoms with van der Waals surface area (Å²) in [5.74, 6) is 0.974. The van der Waals surface area contributed by atoms with E-state index in [1.807, 2.05) is 0 Å². The summed E-state index contributed by atoms with van der Waals surface area (Å²) in [6.45, 7) is 1.16. The van der Waals surface area contributed by atoms with Crippen LogP contribution in [0.15, 0.2) is 0 Å². The van der Waals surface area contributed by atoms with Gasteiger partial charge < -0.3 is 5.32 Å².